The molecule has 1 saturated heterocycles. The van der Waals surface area contributed by atoms with Gasteiger partial charge in [-0.15, -0.1) is 0 Å². The van der Waals surface area contributed by atoms with Crippen LogP contribution in [0.15, 0.2) is 23.5 Å². The van der Waals surface area contributed by atoms with Crippen LogP contribution in [0.2, 0.25) is 0 Å². The van der Waals surface area contributed by atoms with Crippen molar-refractivity contribution in [2.75, 3.05) is 13.1 Å². The summed E-state index contributed by atoms with van der Waals surface area (Å²) in [6.07, 6.45) is 3.90. The minimum atomic E-state index is 0.160. The average Bonchev–Trinajstić information content (AvgIpc) is 2.41. The number of nitrogens with two attached hydrogens (primary N) is 1. The minimum absolute atomic E-state index is 0.160. The second-order valence-electron chi connectivity index (χ2n) is 4.87. The molecule has 2 rings (SSSR count). The lowest BCUT2D eigenvalue weighted by atomic mass is 9.97. The summed E-state index contributed by atoms with van der Waals surface area (Å²) in [6.45, 7) is 4.80. The van der Waals surface area contributed by atoms with Gasteiger partial charge in [-0.25, -0.2) is 0 Å². The molecule has 18 heavy (non-hydrogen) atoms. The van der Waals surface area contributed by atoms with Crippen molar-refractivity contribution < 1.29 is 5.21 Å². The van der Waals surface area contributed by atoms with Gasteiger partial charge in [0.25, 0.3) is 0 Å². The van der Waals surface area contributed by atoms with Crippen molar-refractivity contribution in [3.05, 3.63) is 29.6 Å². The number of rotatable bonds is 3. The van der Waals surface area contributed by atoms with E-state index in [2.05, 4.69) is 28.0 Å². The number of likely N-dealkylation sites (tertiary alicyclic amines) is 1. The molecule has 0 bridgehead atoms. The summed E-state index contributed by atoms with van der Waals surface area (Å²) in [6, 6.07) is 4.03. The first-order valence-corrected chi connectivity index (χ1v) is 6.31. The molecule has 1 unspecified atom stereocenters. The smallest absolute Gasteiger partial charge is 0.143 e. The molecule has 2 heterocycles. The summed E-state index contributed by atoms with van der Waals surface area (Å²) in [5.74, 6) is 0.505. The lowest BCUT2D eigenvalue weighted by Crippen LogP contribution is -2.41. The number of pyridine rings is 1. The third-order valence-electron chi connectivity index (χ3n) is 3.53. The highest BCUT2D eigenvalue weighted by Gasteiger charge is 2.23. The zero-order chi connectivity index (χ0) is 13.0. The van der Waals surface area contributed by atoms with Crippen molar-refractivity contribution in [3.63, 3.8) is 0 Å². The fourth-order valence-corrected chi connectivity index (χ4v) is 2.42. The third-order valence-corrected chi connectivity index (χ3v) is 3.53. The van der Waals surface area contributed by atoms with E-state index < -0.39 is 0 Å². The molecule has 1 aliphatic rings. The van der Waals surface area contributed by atoms with Crippen LogP contribution in [0.1, 0.15) is 24.1 Å². The van der Waals surface area contributed by atoms with Crippen molar-refractivity contribution in [1.29, 1.82) is 0 Å². The predicted octanol–water partition coefficient (Wildman–Crippen LogP) is 1.35. The lowest BCUT2D eigenvalue weighted by Gasteiger charge is -2.31. The van der Waals surface area contributed by atoms with Gasteiger partial charge < -0.3 is 10.9 Å². The summed E-state index contributed by atoms with van der Waals surface area (Å²) in [5, 5.41) is 11.9. The van der Waals surface area contributed by atoms with E-state index in [1.807, 2.05) is 12.3 Å². The molecule has 0 aromatic carbocycles. The van der Waals surface area contributed by atoms with Crippen molar-refractivity contribution in [2.24, 2.45) is 16.8 Å². The maximum atomic E-state index is 8.74. The minimum Gasteiger partial charge on any atom is -0.409 e. The van der Waals surface area contributed by atoms with Gasteiger partial charge in [-0.1, -0.05) is 11.2 Å². The molecule has 5 heteroatoms. The van der Waals surface area contributed by atoms with Crippen LogP contribution in [0.3, 0.4) is 0 Å². The first kappa shape index (κ1) is 12.8. The van der Waals surface area contributed by atoms with Gasteiger partial charge in [0.05, 0.1) is 5.69 Å². The quantitative estimate of drug-likeness (QED) is 0.366. The van der Waals surface area contributed by atoms with Crippen LogP contribution in [0.25, 0.3) is 0 Å². The number of amidine groups is 1. The van der Waals surface area contributed by atoms with Gasteiger partial charge in [0.15, 0.2) is 0 Å². The van der Waals surface area contributed by atoms with Crippen LogP contribution in [-0.2, 0) is 6.54 Å². The molecule has 0 spiro atoms. The maximum Gasteiger partial charge on any atom is 0.143 e. The van der Waals surface area contributed by atoms with E-state index in [1.54, 1.807) is 0 Å². The monoisotopic (exact) mass is 248 g/mol. The van der Waals surface area contributed by atoms with E-state index in [-0.39, 0.29) is 5.92 Å². The van der Waals surface area contributed by atoms with E-state index in [1.165, 1.54) is 5.56 Å². The Morgan fingerprint density at radius 3 is 3.22 bits per heavy atom. The largest absolute Gasteiger partial charge is 0.409 e. The average molecular weight is 248 g/mol. The Labute approximate surface area is 107 Å². The van der Waals surface area contributed by atoms with E-state index in [9.17, 15) is 0 Å². The standard InChI is InChI=1S/C13H20N4O/c1-10-4-2-6-15-12(10)9-17-7-3-5-11(8-17)13(14)16-18/h2,4,6,11,18H,3,5,7-9H2,1H3,(H2,14,16). The van der Waals surface area contributed by atoms with Crippen LogP contribution in [0.5, 0.6) is 0 Å². The molecule has 98 valence electrons. The van der Waals surface area contributed by atoms with Gasteiger partial charge in [-0.2, -0.15) is 0 Å². The second-order valence-corrected chi connectivity index (χ2v) is 4.87. The summed E-state index contributed by atoms with van der Waals surface area (Å²) >= 11 is 0. The van der Waals surface area contributed by atoms with Crippen molar-refractivity contribution in [1.82, 2.24) is 9.88 Å². The second kappa shape index (κ2) is 5.82. The van der Waals surface area contributed by atoms with E-state index in [0.717, 1.165) is 38.2 Å². The highest BCUT2D eigenvalue weighted by molar-refractivity contribution is 5.82. The summed E-state index contributed by atoms with van der Waals surface area (Å²) in [4.78, 5) is 6.73. The first-order valence-electron chi connectivity index (χ1n) is 6.31. The Balaban J connectivity index is 2.00. The first-order chi connectivity index (χ1) is 8.70. The zero-order valence-electron chi connectivity index (χ0n) is 10.7. The molecule has 0 saturated carbocycles. The molecule has 5 nitrogen and oxygen atoms in total. The molecule has 1 aliphatic heterocycles. The molecule has 1 aromatic rings. The zero-order valence-corrected chi connectivity index (χ0v) is 10.7. The van der Waals surface area contributed by atoms with Crippen LogP contribution < -0.4 is 5.73 Å². The Hall–Kier alpha value is -1.62. The normalized spacial score (nSPS) is 22.1. The number of aryl methyl sites for hydroxylation is 1. The van der Waals surface area contributed by atoms with Crippen molar-refractivity contribution in [3.8, 4) is 0 Å². The predicted molar refractivity (Wildman–Crippen MR) is 70.4 cm³/mol. The third kappa shape index (κ3) is 2.98. The molecule has 3 N–H and O–H groups in total. The SMILES string of the molecule is Cc1cccnc1CN1CCCC(/C(N)=N/O)C1. The summed E-state index contributed by atoms with van der Waals surface area (Å²) in [5.41, 5.74) is 8.01. The van der Waals surface area contributed by atoms with Crippen LogP contribution in [0, 0.1) is 12.8 Å². The number of hydrogen-bond acceptors (Lipinski definition) is 4. The Morgan fingerprint density at radius 1 is 1.67 bits per heavy atom. The van der Waals surface area contributed by atoms with E-state index in [4.69, 9.17) is 10.9 Å². The molecule has 0 radical (unpaired) electrons. The number of aromatic nitrogens is 1. The van der Waals surface area contributed by atoms with E-state index in [0.29, 0.717) is 5.84 Å². The Bertz CT molecular complexity index is 433. The summed E-state index contributed by atoms with van der Waals surface area (Å²) < 4.78 is 0. The van der Waals surface area contributed by atoms with Crippen LogP contribution in [0.4, 0.5) is 0 Å². The highest BCUT2D eigenvalue weighted by atomic mass is 16.4. The van der Waals surface area contributed by atoms with Crippen molar-refractivity contribution >= 4 is 5.84 Å². The van der Waals surface area contributed by atoms with Gasteiger partial charge in [0.1, 0.15) is 5.84 Å². The van der Waals surface area contributed by atoms with E-state index >= 15 is 0 Å². The number of piperidine rings is 1. The van der Waals surface area contributed by atoms with Gasteiger partial charge in [0, 0.05) is 25.2 Å². The molecule has 1 fully saturated rings. The van der Waals surface area contributed by atoms with Gasteiger partial charge >= 0.3 is 0 Å². The molecule has 1 aromatic heterocycles. The Morgan fingerprint density at radius 2 is 2.50 bits per heavy atom. The van der Waals surface area contributed by atoms with Gasteiger partial charge in [-0.3, -0.25) is 9.88 Å². The maximum absolute atomic E-state index is 8.74. The summed E-state index contributed by atoms with van der Waals surface area (Å²) in [7, 11) is 0. The topological polar surface area (TPSA) is 74.7 Å². The Kier molecular flexibility index (Phi) is 4.15. The van der Waals surface area contributed by atoms with Gasteiger partial charge in [0.2, 0.25) is 0 Å². The van der Waals surface area contributed by atoms with Crippen LogP contribution in [-0.4, -0.2) is 34.0 Å². The molecule has 1 atom stereocenters. The lowest BCUT2D eigenvalue weighted by molar-refractivity contribution is 0.190. The fourth-order valence-electron chi connectivity index (χ4n) is 2.42. The highest BCUT2D eigenvalue weighted by Crippen LogP contribution is 2.19. The van der Waals surface area contributed by atoms with Crippen molar-refractivity contribution in [2.45, 2.75) is 26.3 Å². The number of oxime groups is 1. The molecular formula is C13H20N4O. The number of hydrogen-bond donors (Lipinski definition) is 2. The molecule has 0 aliphatic carbocycles. The number of nitrogens with zero attached hydrogens (tertiary/aromatic N) is 3. The fraction of sp³-hybridized carbons (Fsp3) is 0.538. The molecule has 0 amide bonds. The van der Waals surface area contributed by atoms with Gasteiger partial charge in [-0.05, 0) is 37.9 Å². The molecular weight excluding hydrogens is 228 g/mol. The van der Waals surface area contributed by atoms with Crippen LogP contribution >= 0.6 is 0 Å².